The number of Topliss-reactive ketones (excluding diaryl/α,β-unsaturated/α-hetero) is 1. The van der Waals surface area contributed by atoms with Gasteiger partial charge in [0.05, 0.1) is 11.7 Å². The van der Waals surface area contributed by atoms with Gasteiger partial charge < -0.3 is 15.1 Å². The highest BCUT2D eigenvalue weighted by Gasteiger charge is 2.57. The number of allylic oxidation sites excluding steroid dienone is 2. The van der Waals surface area contributed by atoms with Crippen molar-refractivity contribution in [3.8, 4) is 0 Å². The van der Waals surface area contributed by atoms with Crippen LogP contribution in [0.1, 0.15) is 144 Å². The smallest absolute Gasteiger partial charge is 0.166 e. The molecule has 0 aromatic heterocycles. The highest BCUT2D eigenvalue weighted by atomic mass is 16.3. The van der Waals surface area contributed by atoms with E-state index in [-0.39, 0.29) is 17.3 Å². The minimum atomic E-state index is -0.768. The van der Waals surface area contributed by atoms with E-state index in [1.807, 2.05) is 0 Å². The fourth-order valence-corrected chi connectivity index (χ4v) is 8.64. The fraction of sp³-hybridized carbons (Fsp3) is 0.750. The van der Waals surface area contributed by atoms with Gasteiger partial charge in [-0.15, -0.1) is 0 Å². The molecule has 1 aromatic rings. The molecule has 3 fully saturated rings. The molecule has 2 N–H and O–H groups in total. The summed E-state index contributed by atoms with van der Waals surface area (Å²) in [7, 11) is 0. The highest BCUT2D eigenvalue weighted by molar-refractivity contribution is 5.99. The maximum Gasteiger partial charge on any atom is 0.166 e. The van der Waals surface area contributed by atoms with Crippen LogP contribution in [0.4, 0.5) is 0 Å². The zero-order valence-corrected chi connectivity index (χ0v) is 25.4. The summed E-state index contributed by atoms with van der Waals surface area (Å²) in [6.45, 7) is 7.46. The zero-order valence-electron chi connectivity index (χ0n) is 25.4. The first-order valence-electron chi connectivity index (χ1n) is 16.7. The van der Waals surface area contributed by atoms with Crippen molar-refractivity contribution >= 4 is 5.78 Å². The first kappa shape index (κ1) is 30.0. The average molecular weight is 550 g/mol. The molecule has 1 aliphatic heterocycles. The van der Waals surface area contributed by atoms with Crippen LogP contribution in [0.3, 0.4) is 0 Å². The number of carbonyl (C=O) groups is 1. The van der Waals surface area contributed by atoms with Gasteiger partial charge in [0, 0.05) is 23.4 Å². The molecule has 2 saturated carbocycles. The molecule has 4 atom stereocenters. The molecule has 1 aromatic carbocycles. The number of nitrogens with zero attached hydrogens (tertiary/aromatic N) is 1. The molecule has 0 spiro atoms. The van der Waals surface area contributed by atoms with Gasteiger partial charge in [-0.25, -0.2) is 0 Å². The lowest BCUT2D eigenvalue weighted by Crippen LogP contribution is -2.53. The van der Waals surface area contributed by atoms with E-state index in [0.29, 0.717) is 12.2 Å². The molecule has 0 radical (unpaired) electrons. The van der Waals surface area contributed by atoms with Crippen LogP contribution in [-0.4, -0.2) is 52.2 Å². The largest absolute Gasteiger partial charge is 0.393 e. The molecule has 6 rings (SSSR count). The summed E-state index contributed by atoms with van der Waals surface area (Å²) in [6.07, 6.45) is 19.7. The van der Waals surface area contributed by atoms with E-state index in [2.05, 4.69) is 43.0 Å². The molecule has 222 valence electrons. The number of carbonyl (C=O) groups excluding carboxylic acids is 1. The van der Waals surface area contributed by atoms with E-state index < -0.39 is 11.7 Å². The first-order valence-corrected chi connectivity index (χ1v) is 16.7. The summed E-state index contributed by atoms with van der Waals surface area (Å²) in [5.41, 5.74) is 3.40. The van der Waals surface area contributed by atoms with Crippen LogP contribution in [0.25, 0.3) is 0 Å². The van der Waals surface area contributed by atoms with Crippen LogP contribution in [0.2, 0.25) is 0 Å². The lowest BCUT2D eigenvalue weighted by Gasteiger charge is -2.46. The van der Waals surface area contributed by atoms with Gasteiger partial charge in [0.15, 0.2) is 5.78 Å². The molecule has 40 heavy (non-hydrogen) atoms. The van der Waals surface area contributed by atoms with Gasteiger partial charge in [-0.1, -0.05) is 69.2 Å². The van der Waals surface area contributed by atoms with Crippen molar-refractivity contribution in [2.75, 3.05) is 19.6 Å². The fourth-order valence-electron chi connectivity index (χ4n) is 8.64. The highest BCUT2D eigenvalue weighted by Crippen LogP contribution is 2.59. The average Bonchev–Trinajstić information content (AvgIpc) is 3.18. The molecule has 4 nitrogen and oxygen atoms in total. The van der Waals surface area contributed by atoms with Crippen molar-refractivity contribution in [3.05, 3.63) is 46.5 Å². The second kappa shape index (κ2) is 13.2. The van der Waals surface area contributed by atoms with Crippen LogP contribution < -0.4 is 0 Å². The Bertz CT molecular complexity index is 1030. The van der Waals surface area contributed by atoms with Crippen LogP contribution in [0.5, 0.6) is 0 Å². The number of hydrogen-bond donors (Lipinski definition) is 2. The Kier molecular flexibility index (Phi) is 9.91. The van der Waals surface area contributed by atoms with Gasteiger partial charge in [0.1, 0.15) is 0 Å². The number of hydrogen-bond acceptors (Lipinski definition) is 4. The van der Waals surface area contributed by atoms with Crippen molar-refractivity contribution in [2.45, 2.75) is 141 Å². The first-order chi connectivity index (χ1) is 19.3. The normalized spacial score (nSPS) is 33.5. The second-order valence-corrected chi connectivity index (χ2v) is 14.2. The number of rotatable bonds is 4. The number of aliphatic hydroxyl groups is 2. The van der Waals surface area contributed by atoms with E-state index in [1.165, 1.54) is 44.1 Å². The SMILES string of the molecule is CC1=CCC[C@@]2(C)[C@@H](CC[C@@]2(O)CN2CCCCCCC2)c2ccc(cc2C(=O)C2CCCCC2)C[C@@H](O)CC1. The predicted octanol–water partition coefficient (Wildman–Crippen LogP) is 7.75. The Labute approximate surface area is 243 Å². The third-order valence-electron chi connectivity index (χ3n) is 11.3. The van der Waals surface area contributed by atoms with Gasteiger partial charge in [-0.3, -0.25) is 4.79 Å². The molecule has 4 heteroatoms. The van der Waals surface area contributed by atoms with Gasteiger partial charge >= 0.3 is 0 Å². The minimum absolute atomic E-state index is 0.115. The molecule has 4 aliphatic carbocycles. The lowest BCUT2D eigenvalue weighted by molar-refractivity contribution is -0.0843. The summed E-state index contributed by atoms with van der Waals surface area (Å²) in [5, 5.41) is 23.5. The number of fused-ring (bicyclic) bond motifs is 8. The Hall–Kier alpha value is -1.49. The third kappa shape index (κ3) is 6.60. The number of β-amino-alcohol motifs (C(OH)–C–C–N with tert-alkyl or cyclic N) is 1. The Morgan fingerprint density at radius 3 is 2.40 bits per heavy atom. The summed E-state index contributed by atoms with van der Waals surface area (Å²) in [5.74, 6) is 0.588. The lowest BCUT2D eigenvalue weighted by atomic mass is 9.64. The van der Waals surface area contributed by atoms with Crippen molar-refractivity contribution in [2.24, 2.45) is 11.3 Å². The number of benzene rings is 1. The van der Waals surface area contributed by atoms with E-state index in [9.17, 15) is 15.0 Å². The number of ketones is 1. The third-order valence-corrected chi connectivity index (χ3v) is 11.3. The van der Waals surface area contributed by atoms with Crippen LogP contribution in [-0.2, 0) is 6.42 Å². The molecule has 5 aliphatic rings. The van der Waals surface area contributed by atoms with E-state index in [1.54, 1.807) is 0 Å². The summed E-state index contributed by atoms with van der Waals surface area (Å²) in [6, 6.07) is 6.52. The van der Waals surface area contributed by atoms with Crippen molar-refractivity contribution in [1.82, 2.24) is 4.90 Å². The Balaban J connectivity index is 1.53. The summed E-state index contributed by atoms with van der Waals surface area (Å²) < 4.78 is 0. The van der Waals surface area contributed by atoms with E-state index in [4.69, 9.17) is 0 Å². The van der Waals surface area contributed by atoms with E-state index >= 15 is 0 Å². The Morgan fingerprint density at radius 2 is 1.65 bits per heavy atom. The van der Waals surface area contributed by atoms with Gasteiger partial charge in [0.2, 0.25) is 0 Å². The summed E-state index contributed by atoms with van der Waals surface area (Å²) in [4.78, 5) is 16.7. The van der Waals surface area contributed by atoms with Crippen molar-refractivity contribution in [3.63, 3.8) is 0 Å². The molecular weight excluding hydrogens is 494 g/mol. The van der Waals surface area contributed by atoms with Gasteiger partial charge in [-0.05, 0) is 114 Å². The van der Waals surface area contributed by atoms with E-state index in [0.717, 1.165) is 101 Å². The molecule has 2 bridgehead atoms. The van der Waals surface area contributed by atoms with Gasteiger partial charge in [0.25, 0.3) is 0 Å². The monoisotopic (exact) mass is 549 g/mol. The molecule has 0 amide bonds. The summed E-state index contributed by atoms with van der Waals surface area (Å²) >= 11 is 0. The predicted molar refractivity (Wildman–Crippen MR) is 164 cm³/mol. The van der Waals surface area contributed by atoms with Crippen LogP contribution >= 0.6 is 0 Å². The van der Waals surface area contributed by atoms with Crippen LogP contribution in [0, 0.1) is 11.3 Å². The molecular formula is C36H55NO3. The quantitative estimate of drug-likeness (QED) is 0.298. The molecule has 0 unspecified atom stereocenters. The molecule has 1 saturated heterocycles. The standard InChI is InChI=1S/C36H55NO3/c1-27-12-11-20-35(2)33(19-21-36(35,40)26-37-22-9-4-3-5-10-23-37)31-18-16-28(24-30(38)17-15-27)25-32(31)34(39)29-13-7-6-8-14-29/h12,16,18,25,29-30,33,38,40H,3-11,13-15,17,19-24,26H2,1-2H3/t30-,33-,35-,36+/m0/s1. The maximum absolute atomic E-state index is 14.2. The minimum Gasteiger partial charge on any atom is -0.393 e. The maximum atomic E-state index is 14.2. The number of likely N-dealkylation sites (tertiary alicyclic amines) is 1. The van der Waals surface area contributed by atoms with Crippen LogP contribution in [0.15, 0.2) is 29.8 Å². The topological polar surface area (TPSA) is 60.8 Å². The zero-order chi connectivity index (χ0) is 28.2. The van der Waals surface area contributed by atoms with Gasteiger partial charge in [-0.2, -0.15) is 0 Å². The van der Waals surface area contributed by atoms with Crippen molar-refractivity contribution in [1.29, 1.82) is 0 Å². The second-order valence-electron chi connectivity index (χ2n) is 14.2. The number of aliphatic hydroxyl groups excluding tert-OH is 1. The molecule has 1 heterocycles. The Morgan fingerprint density at radius 1 is 0.950 bits per heavy atom. The van der Waals surface area contributed by atoms with Crippen molar-refractivity contribution < 1.29 is 15.0 Å².